The molecule has 0 spiro atoms. The highest BCUT2D eigenvalue weighted by Crippen LogP contribution is 2.34. The number of rotatable bonds is 13. The summed E-state index contributed by atoms with van der Waals surface area (Å²) in [5.74, 6) is 0.341. The lowest BCUT2D eigenvalue weighted by Crippen LogP contribution is -2.52. The van der Waals surface area contributed by atoms with Crippen LogP contribution in [-0.2, 0) is 26.2 Å². The predicted octanol–water partition coefficient (Wildman–Crippen LogP) is 2.81. The molecule has 10 nitrogen and oxygen atoms in total. The number of ether oxygens (including phenoxy) is 3. The number of amides is 2. The van der Waals surface area contributed by atoms with Crippen molar-refractivity contribution in [2.75, 3.05) is 38.4 Å². The second-order valence-corrected chi connectivity index (χ2v) is 10.6. The molecule has 0 unspecified atom stereocenters. The lowest BCUT2D eigenvalue weighted by molar-refractivity contribution is -0.139. The zero-order chi connectivity index (χ0) is 27.8. The molecule has 2 rings (SSSR count). The molecule has 2 amide bonds. The first kappa shape index (κ1) is 29.8. The first-order valence-electron chi connectivity index (χ1n) is 11.9. The Morgan fingerprint density at radius 1 is 0.973 bits per heavy atom. The summed E-state index contributed by atoms with van der Waals surface area (Å²) in [5.41, 5.74) is 0.872. The Labute approximate surface area is 219 Å². The molecule has 0 aliphatic heterocycles. The van der Waals surface area contributed by atoms with Gasteiger partial charge in [-0.15, -0.1) is 0 Å². The summed E-state index contributed by atoms with van der Waals surface area (Å²) in [4.78, 5) is 28.1. The van der Waals surface area contributed by atoms with Crippen molar-refractivity contribution in [2.45, 2.75) is 45.8 Å². The molecule has 0 bridgehead atoms. The smallest absolute Gasteiger partial charge is 0.244 e. The fourth-order valence-corrected chi connectivity index (χ4v) is 4.45. The lowest BCUT2D eigenvalue weighted by Gasteiger charge is -2.32. The fourth-order valence-electron chi connectivity index (χ4n) is 3.60. The summed E-state index contributed by atoms with van der Waals surface area (Å²) in [7, 11) is 0.471. The van der Waals surface area contributed by atoms with Gasteiger partial charge < -0.3 is 24.4 Å². The maximum Gasteiger partial charge on any atom is 0.244 e. The molecule has 0 aliphatic carbocycles. The van der Waals surface area contributed by atoms with Crippen LogP contribution in [-0.4, -0.2) is 71.3 Å². The summed E-state index contributed by atoms with van der Waals surface area (Å²) in [5, 5.41) is 2.90. The van der Waals surface area contributed by atoms with Crippen molar-refractivity contribution in [1.29, 1.82) is 0 Å². The van der Waals surface area contributed by atoms with E-state index in [2.05, 4.69) is 5.32 Å². The van der Waals surface area contributed by atoms with Crippen molar-refractivity contribution in [3.8, 4) is 17.2 Å². The number of hydrogen-bond acceptors (Lipinski definition) is 7. The monoisotopic (exact) mass is 535 g/mol. The molecule has 0 aliphatic rings. The topological polar surface area (TPSA) is 114 Å². The summed E-state index contributed by atoms with van der Waals surface area (Å²) >= 11 is 0. The molecule has 2 aromatic rings. The zero-order valence-corrected chi connectivity index (χ0v) is 23.3. The number of benzene rings is 2. The largest absolute Gasteiger partial charge is 0.497 e. The highest BCUT2D eigenvalue weighted by Gasteiger charge is 2.31. The SMILES string of the molecule is CC[C@@H](C)NC(=O)[C@@H](C)N(Cc1cccc(OC)c1)C(=O)CN(c1cc(OC)ccc1OC)S(C)(=O)=O. The number of nitrogens with one attached hydrogen (secondary N) is 1. The van der Waals surface area contributed by atoms with E-state index in [0.29, 0.717) is 11.5 Å². The van der Waals surface area contributed by atoms with E-state index in [1.54, 1.807) is 37.3 Å². The Hall–Kier alpha value is -3.47. The van der Waals surface area contributed by atoms with Crippen molar-refractivity contribution < 1.29 is 32.2 Å². The van der Waals surface area contributed by atoms with E-state index in [4.69, 9.17) is 14.2 Å². The van der Waals surface area contributed by atoms with E-state index >= 15 is 0 Å². The number of hydrogen-bond donors (Lipinski definition) is 1. The van der Waals surface area contributed by atoms with Crippen molar-refractivity contribution in [1.82, 2.24) is 10.2 Å². The van der Waals surface area contributed by atoms with Gasteiger partial charge in [0.25, 0.3) is 0 Å². The van der Waals surface area contributed by atoms with Gasteiger partial charge in [0.2, 0.25) is 21.8 Å². The Balaban J connectivity index is 2.49. The van der Waals surface area contributed by atoms with Gasteiger partial charge in [-0.25, -0.2) is 8.42 Å². The second-order valence-electron chi connectivity index (χ2n) is 8.67. The maximum absolute atomic E-state index is 13.7. The van der Waals surface area contributed by atoms with E-state index in [1.165, 1.54) is 32.3 Å². The second kappa shape index (κ2) is 13.2. The number of sulfonamides is 1. The third-order valence-electron chi connectivity index (χ3n) is 5.99. The van der Waals surface area contributed by atoms with Crippen LogP contribution in [0.25, 0.3) is 0 Å². The van der Waals surface area contributed by atoms with Gasteiger partial charge in [-0.1, -0.05) is 19.1 Å². The van der Waals surface area contributed by atoms with Gasteiger partial charge in [0.1, 0.15) is 29.8 Å². The Bertz CT molecular complexity index is 1190. The minimum absolute atomic E-state index is 0.0674. The Morgan fingerprint density at radius 2 is 1.62 bits per heavy atom. The molecular formula is C26H37N3O7S. The summed E-state index contributed by atoms with van der Waals surface area (Å²) in [6.07, 6.45) is 1.73. The normalized spacial score (nSPS) is 12.7. The van der Waals surface area contributed by atoms with E-state index in [9.17, 15) is 18.0 Å². The van der Waals surface area contributed by atoms with E-state index in [1.807, 2.05) is 19.9 Å². The first-order chi connectivity index (χ1) is 17.4. The molecule has 0 saturated carbocycles. The molecule has 2 aromatic carbocycles. The van der Waals surface area contributed by atoms with Crippen LogP contribution in [0.5, 0.6) is 17.2 Å². The van der Waals surface area contributed by atoms with Gasteiger partial charge >= 0.3 is 0 Å². The molecule has 204 valence electrons. The molecule has 0 heterocycles. The van der Waals surface area contributed by atoms with Crippen molar-refractivity contribution >= 4 is 27.5 Å². The van der Waals surface area contributed by atoms with Crippen molar-refractivity contribution in [3.05, 3.63) is 48.0 Å². The minimum Gasteiger partial charge on any atom is -0.497 e. The van der Waals surface area contributed by atoms with Crippen molar-refractivity contribution in [2.24, 2.45) is 0 Å². The van der Waals surface area contributed by atoms with Crippen LogP contribution in [0.4, 0.5) is 5.69 Å². The lowest BCUT2D eigenvalue weighted by atomic mass is 10.1. The van der Waals surface area contributed by atoms with E-state index in [0.717, 1.165) is 22.5 Å². The Morgan fingerprint density at radius 3 is 2.19 bits per heavy atom. The average Bonchev–Trinajstić information content (AvgIpc) is 2.88. The number of methoxy groups -OCH3 is 3. The van der Waals surface area contributed by atoms with E-state index < -0.39 is 28.5 Å². The molecule has 11 heteroatoms. The number of anilines is 1. The van der Waals surface area contributed by atoms with Crippen LogP contribution in [0.3, 0.4) is 0 Å². The van der Waals surface area contributed by atoms with Crippen molar-refractivity contribution in [3.63, 3.8) is 0 Å². The van der Waals surface area contributed by atoms with E-state index in [-0.39, 0.29) is 29.9 Å². The third kappa shape index (κ3) is 8.01. The molecule has 0 radical (unpaired) electrons. The highest BCUT2D eigenvalue weighted by molar-refractivity contribution is 7.92. The van der Waals surface area contributed by atoms with Crippen LogP contribution in [0.1, 0.15) is 32.8 Å². The quantitative estimate of drug-likeness (QED) is 0.419. The molecule has 0 saturated heterocycles. The molecular weight excluding hydrogens is 498 g/mol. The first-order valence-corrected chi connectivity index (χ1v) is 13.7. The van der Waals surface area contributed by atoms with Gasteiger partial charge in [-0.2, -0.15) is 0 Å². The molecule has 1 N–H and O–H groups in total. The van der Waals surface area contributed by atoms with Crippen LogP contribution in [0.15, 0.2) is 42.5 Å². The van der Waals surface area contributed by atoms with Crippen LogP contribution in [0, 0.1) is 0 Å². The Kier molecular flexibility index (Phi) is 10.6. The van der Waals surface area contributed by atoms with Crippen LogP contribution < -0.4 is 23.8 Å². The summed E-state index contributed by atoms with van der Waals surface area (Å²) in [6.45, 7) is 4.96. The summed E-state index contributed by atoms with van der Waals surface area (Å²) in [6, 6.07) is 10.8. The molecule has 2 atom stereocenters. The van der Waals surface area contributed by atoms with Gasteiger partial charge in [-0.3, -0.25) is 13.9 Å². The van der Waals surface area contributed by atoms with Gasteiger partial charge in [0, 0.05) is 18.7 Å². The minimum atomic E-state index is -3.93. The zero-order valence-electron chi connectivity index (χ0n) is 22.5. The van der Waals surface area contributed by atoms with Gasteiger partial charge in [0.15, 0.2) is 0 Å². The third-order valence-corrected chi connectivity index (χ3v) is 7.12. The van der Waals surface area contributed by atoms with Gasteiger partial charge in [-0.05, 0) is 50.1 Å². The fraction of sp³-hybridized carbons (Fsp3) is 0.462. The standard InChI is InChI=1S/C26H37N3O7S/c1-8-18(2)27-26(31)19(3)28(16-20-10-9-11-21(14-20)34-4)25(30)17-29(37(7,32)33)23-15-22(35-5)12-13-24(23)36-6/h9-15,18-19H,8,16-17H2,1-7H3,(H,27,31)/t18-,19-/m1/s1. The average molecular weight is 536 g/mol. The maximum atomic E-state index is 13.7. The van der Waals surface area contributed by atoms with Crippen LogP contribution >= 0.6 is 0 Å². The number of carbonyl (C=O) groups is 2. The highest BCUT2D eigenvalue weighted by atomic mass is 32.2. The molecule has 0 aromatic heterocycles. The number of carbonyl (C=O) groups excluding carboxylic acids is 2. The number of nitrogens with zero attached hydrogens (tertiary/aromatic N) is 2. The summed E-state index contributed by atoms with van der Waals surface area (Å²) < 4.78 is 42.6. The predicted molar refractivity (Wildman–Crippen MR) is 143 cm³/mol. The van der Waals surface area contributed by atoms with Gasteiger partial charge in [0.05, 0.1) is 33.3 Å². The molecule has 0 fully saturated rings. The molecule has 37 heavy (non-hydrogen) atoms. The van der Waals surface area contributed by atoms with Crippen LogP contribution in [0.2, 0.25) is 0 Å².